The van der Waals surface area contributed by atoms with E-state index < -0.39 is 0 Å². The molecule has 0 unspecified atom stereocenters. The zero-order valence-electron chi connectivity index (χ0n) is 18.6. The van der Waals surface area contributed by atoms with Crippen LogP contribution in [0, 0.1) is 6.92 Å². The van der Waals surface area contributed by atoms with Crippen LogP contribution in [0.4, 0.5) is 21.9 Å². The Morgan fingerprint density at radius 1 is 0.812 bits per heavy atom. The number of carbonyl (C=O) groups is 2. The minimum absolute atomic E-state index is 0.0134. The number of para-hydroxylation sites is 1. The second kappa shape index (κ2) is 10.3. The van der Waals surface area contributed by atoms with Crippen LogP contribution >= 0.6 is 0 Å². The number of anilines is 3. The number of rotatable bonds is 7. The van der Waals surface area contributed by atoms with E-state index in [4.69, 9.17) is 9.47 Å². The Balaban J connectivity index is 1.71. The molecule has 0 saturated heterocycles. The number of ether oxygens (including phenoxy) is 2. The third kappa shape index (κ3) is 6.01. The van der Waals surface area contributed by atoms with Gasteiger partial charge < -0.3 is 25.4 Å². The quantitative estimate of drug-likeness (QED) is 0.447. The van der Waals surface area contributed by atoms with Gasteiger partial charge >= 0.3 is 6.03 Å². The average molecular weight is 434 g/mol. The fraction of sp³-hybridized carbons (Fsp3) is 0.200. The molecule has 0 aliphatic rings. The molecule has 0 atom stereocenters. The number of aryl methyl sites for hydroxylation is 1. The highest BCUT2D eigenvalue weighted by Crippen LogP contribution is 2.30. The number of amides is 3. The van der Waals surface area contributed by atoms with E-state index in [0.717, 1.165) is 5.56 Å². The maximum absolute atomic E-state index is 12.8. The molecule has 166 valence electrons. The lowest BCUT2D eigenvalue weighted by Crippen LogP contribution is -2.19. The summed E-state index contributed by atoms with van der Waals surface area (Å²) in [5.74, 6) is 0.760. The van der Waals surface area contributed by atoms with E-state index in [1.807, 2.05) is 45.0 Å². The SMILES string of the molecule is COc1cc(C(=O)Nc2cc(NC(=O)Nc3ccccc3)ccc2C)ccc1OC(C)C. The lowest BCUT2D eigenvalue weighted by molar-refractivity contribution is 0.102. The van der Waals surface area contributed by atoms with Crippen LogP contribution < -0.4 is 25.4 Å². The first-order chi connectivity index (χ1) is 15.4. The van der Waals surface area contributed by atoms with Gasteiger partial charge in [-0.2, -0.15) is 0 Å². The Morgan fingerprint density at radius 2 is 1.53 bits per heavy atom. The first-order valence-electron chi connectivity index (χ1n) is 10.3. The molecule has 3 aromatic rings. The second-order valence-electron chi connectivity index (χ2n) is 7.46. The molecule has 0 aliphatic heterocycles. The fourth-order valence-corrected chi connectivity index (χ4v) is 3.00. The molecule has 7 heteroatoms. The summed E-state index contributed by atoms with van der Waals surface area (Å²) in [6, 6.07) is 19.1. The molecule has 0 radical (unpaired) electrons. The molecule has 0 bridgehead atoms. The lowest BCUT2D eigenvalue weighted by Gasteiger charge is -2.15. The highest BCUT2D eigenvalue weighted by molar-refractivity contribution is 6.06. The normalized spacial score (nSPS) is 10.4. The van der Waals surface area contributed by atoms with Crippen molar-refractivity contribution < 1.29 is 19.1 Å². The Morgan fingerprint density at radius 3 is 2.22 bits per heavy atom. The van der Waals surface area contributed by atoms with Gasteiger partial charge in [-0.15, -0.1) is 0 Å². The second-order valence-corrected chi connectivity index (χ2v) is 7.46. The number of hydrogen-bond donors (Lipinski definition) is 3. The number of benzene rings is 3. The number of carbonyl (C=O) groups excluding carboxylic acids is 2. The van der Waals surface area contributed by atoms with Gasteiger partial charge in [-0.3, -0.25) is 4.79 Å². The van der Waals surface area contributed by atoms with Gasteiger partial charge in [-0.25, -0.2) is 4.79 Å². The van der Waals surface area contributed by atoms with Crippen LogP contribution in [0.25, 0.3) is 0 Å². The third-order valence-corrected chi connectivity index (χ3v) is 4.56. The van der Waals surface area contributed by atoms with Crippen LogP contribution in [0.5, 0.6) is 11.5 Å². The van der Waals surface area contributed by atoms with Crippen molar-refractivity contribution in [3.63, 3.8) is 0 Å². The summed E-state index contributed by atoms with van der Waals surface area (Å²) in [7, 11) is 1.53. The van der Waals surface area contributed by atoms with Crippen molar-refractivity contribution in [1.82, 2.24) is 0 Å². The van der Waals surface area contributed by atoms with Gasteiger partial charge in [0.25, 0.3) is 5.91 Å². The molecule has 0 aliphatic carbocycles. The van der Waals surface area contributed by atoms with Gasteiger partial charge in [0.05, 0.1) is 13.2 Å². The van der Waals surface area contributed by atoms with E-state index in [2.05, 4.69) is 16.0 Å². The lowest BCUT2D eigenvalue weighted by atomic mass is 10.1. The summed E-state index contributed by atoms with van der Waals surface area (Å²) < 4.78 is 11.1. The minimum atomic E-state index is -0.372. The Kier molecular flexibility index (Phi) is 7.33. The molecule has 3 rings (SSSR count). The standard InChI is InChI=1S/C25H27N3O4/c1-16(2)32-22-13-11-18(14-23(22)31-4)24(29)28-21-15-20(12-10-17(21)3)27-25(30)26-19-8-6-5-7-9-19/h5-16H,1-4H3,(H,28,29)(H2,26,27,30). The number of urea groups is 1. The van der Waals surface area contributed by atoms with Crippen LogP contribution in [0.2, 0.25) is 0 Å². The van der Waals surface area contributed by atoms with Crippen molar-refractivity contribution in [2.45, 2.75) is 26.9 Å². The van der Waals surface area contributed by atoms with Gasteiger partial charge in [0.1, 0.15) is 0 Å². The fourth-order valence-electron chi connectivity index (χ4n) is 3.00. The minimum Gasteiger partial charge on any atom is -0.493 e. The zero-order chi connectivity index (χ0) is 23.1. The summed E-state index contributed by atoms with van der Waals surface area (Å²) >= 11 is 0. The van der Waals surface area contributed by atoms with Gasteiger partial charge in [0, 0.05) is 22.6 Å². The summed E-state index contributed by atoms with van der Waals surface area (Å²) in [6.45, 7) is 5.72. The van der Waals surface area contributed by atoms with Crippen LogP contribution in [-0.4, -0.2) is 25.2 Å². The summed E-state index contributed by atoms with van der Waals surface area (Å²) in [5, 5.41) is 8.43. The molecule has 32 heavy (non-hydrogen) atoms. The molecule has 0 saturated carbocycles. The maximum atomic E-state index is 12.8. The highest BCUT2D eigenvalue weighted by Gasteiger charge is 2.14. The monoisotopic (exact) mass is 433 g/mol. The largest absolute Gasteiger partial charge is 0.493 e. The average Bonchev–Trinajstić information content (AvgIpc) is 2.76. The first kappa shape index (κ1) is 22.7. The molecule has 0 fully saturated rings. The molecule has 0 aromatic heterocycles. The highest BCUT2D eigenvalue weighted by atomic mass is 16.5. The number of nitrogens with one attached hydrogen (secondary N) is 3. The van der Waals surface area contributed by atoms with E-state index >= 15 is 0 Å². The molecular formula is C25H27N3O4. The van der Waals surface area contributed by atoms with Crippen molar-refractivity contribution in [1.29, 1.82) is 0 Å². The topological polar surface area (TPSA) is 88.7 Å². The van der Waals surface area contributed by atoms with Crippen LogP contribution in [0.3, 0.4) is 0 Å². The van der Waals surface area contributed by atoms with Crippen molar-refractivity contribution in [2.24, 2.45) is 0 Å². The molecule has 7 nitrogen and oxygen atoms in total. The van der Waals surface area contributed by atoms with Gasteiger partial charge in [0.2, 0.25) is 0 Å². The summed E-state index contributed by atoms with van der Waals surface area (Å²) in [5.41, 5.74) is 3.12. The van der Waals surface area contributed by atoms with Gasteiger partial charge in [0.15, 0.2) is 11.5 Å². The van der Waals surface area contributed by atoms with Crippen molar-refractivity contribution >= 4 is 29.0 Å². The summed E-state index contributed by atoms with van der Waals surface area (Å²) in [4.78, 5) is 25.1. The maximum Gasteiger partial charge on any atom is 0.323 e. The zero-order valence-corrected chi connectivity index (χ0v) is 18.6. The first-order valence-corrected chi connectivity index (χ1v) is 10.3. The van der Waals surface area contributed by atoms with E-state index in [1.165, 1.54) is 7.11 Å². The van der Waals surface area contributed by atoms with E-state index in [-0.39, 0.29) is 18.0 Å². The molecule has 3 amide bonds. The predicted molar refractivity (Wildman–Crippen MR) is 127 cm³/mol. The number of methoxy groups -OCH3 is 1. The molecule has 3 N–H and O–H groups in total. The molecular weight excluding hydrogens is 406 g/mol. The van der Waals surface area contributed by atoms with Crippen molar-refractivity contribution in [3.05, 3.63) is 77.9 Å². The Bertz CT molecular complexity index is 1100. The van der Waals surface area contributed by atoms with E-state index in [9.17, 15) is 9.59 Å². The predicted octanol–water partition coefficient (Wildman–Crippen LogP) is 5.69. The van der Waals surface area contributed by atoms with Crippen LogP contribution in [0.1, 0.15) is 29.8 Å². The van der Waals surface area contributed by atoms with Gasteiger partial charge in [-0.1, -0.05) is 24.3 Å². The Hall–Kier alpha value is -4.00. The smallest absolute Gasteiger partial charge is 0.323 e. The Labute approximate surface area is 187 Å². The van der Waals surface area contributed by atoms with Crippen molar-refractivity contribution in [2.75, 3.05) is 23.1 Å². The van der Waals surface area contributed by atoms with Crippen molar-refractivity contribution in [3.8, 4) is 11.5 Å². The van der Waals surface area contributed by atoms with Crippen LogP contribution in [-0.2, 0) is 0 Å². The third-order valence-electron chi connectivity index (χ3n) is 4.56. The van der Waals surface area contributed by atoms with E-state index in [0.29, 0.717) is 34.1 Å². The van der Waals surface area contributed by atoms with Crippen LogP contribution in [0.15, 0.2) is 66.7 Å². The molecule has 3 aromatic carbocycles. The summed E-state index contributed by atoms with van der Waals surface area (Å²) in [6.07, 6.45) is -0.0134. The van der Waals surface area contributed by atoms with Gasteiger partial charge in [-0.05, 0) is 68.8 Å². The van der Waals surface area contributed by atoms with E-state index in [1.54, 1.807) is 42.5 Å². The molecule has 0 spiro atoms. The number of hydrogen-bond acceptors (Lipinski definition) is 4. The molecule has 0 heterocycles.